The van der Waals surface area contributed by atoms with Crippen molar-refractivity contribution >= 4 is 17.3 Å². The Bertz CT molecular complexity index is 363. The molecule has 0 saturated carbocycles. The maximum Gasteiger partial charge on any atom is 0.141 e. The van der Waals surface area contributed by atoms with E-state index < -0.39 is 0 Å². The molecule has 0 aromatic carbocycles. The normalized spacial score (nSPS) is 15.4. The van der Waals surface area contributed by atoms with Crippen LogP contribution in [-0.2, 0) is 0 Å². The van der Waals surface area contributed by atoms with Gasteiger partial charge in [-0.3, -0.25) is 4.99 Å². The van der Waals surface area contributed by atoms with Gasteiger partial charge < -0.3 is 4.74 Å². The highest BCUT2D eigenvalue weighted by Crippen LogP contribution is 2.26. The van der Waals surface area contributed by atoms with Crippen LogP contribution in [0, 0.1) is 0 Å². The van der Waals surface area contributed by atoms with E-state index in [2.05, 4.69) is 9.98 Å². The molecular formula is C9H9ClN2O. The number of nitrogens with zero attached hydrogens (tertiary/aromatic N) is 2. The molecule has 3 nitrogen and oxygen atoms in total. The maximum atomic E-state index is 5.94. The molecule has 4 heteroatoms. The summed E-state index contributed by atoms with van der Waals surface area (Å²) in [7, 11) is 0. The van der Waals surface area contributed by atoms with E-state index in [0.717, 1.165) is 17.0 Å². The van der Waals surface area contributed by atoms with Crippen LogP contribution in [0.1, 0.15) is 12.5 Å². The van der Waals surface area contributed by atoms with Crippen LogP contribution in [0.2, 0.25) is 5.15 Å². The van der Waals surface area contributed by atoms with Crippen molar-refractivity contribution in [2.24, 2.45) is 4.99 Å². The second-order valence-corrected chi connectivity index (χ2v) is 3.15. The molecule has 0 unspecified atom stereocenters. The monoisotopic (exact) mass is 196 g/mol. The lowest BCUT2D eigenvalue weighted by molar-refractivity contribution is 0.331. The largest absolute Gasteiger partial charge is 0.491 e. The summed E-state index contributed by atoms with van der Waals surface area (Å²) in [5, 5.41) is 0.459. The summed E-state index contributed by atoms with van der Waals surface area (Å²) in [5.74, 6) is 0.777. The van der Waals surface area contributed by atoms with Gasteiger partial charge >= 0.3 is 0 Å². The van der Waals surface area contributed by atoms with Gasteiger partial charge in [-0.15, -0.1) is 0 Å². The third-order valence-electron chi connectivity index (χ3n) is 1.93. The number of halogens is 1. The molecule has 0 N–H and O–H groups in total. The number of aliphatic imine (C=N–C) groups is 1. The van der Waals surface area contributed by atoms with E-state index >= 15 is 0 Å². The van der Waals surface area contributed by atoms with E-state index in [1.807, 2.05) is 13.0 Å². The first kappa shape index (κ1) is 8.51. The third kappa shape index (κ3) is 1.52. The second kappa shape index (κ2) is 3.34. The van der Waals surface area contributed by atoms with Crippen LogP contribution in [0.3, 0.4) is 0 Å². The molecule has 1 aliphatic rings. The Morgan fingerprint density at radius 1 is 1.54 bits per heavy atom. The van der Waals surface area contributed by atoms with Crippen molar-refractivity contribution in [3.8, 4) is 5.75 Å². The van der Waals surface area contributed by atoms with E-state index in [0.29, 0.717) is 18.3 Å². The van der Waals surface area contributed by atoms with Crippen molar-refractivity contribution in [2.75, 3.05) is 13.2 Å². The van der Waals surface area contributed by atoms with Gasteiger partial charge in [0.05, 0.1) is 12.1 Å². The lowest BCUT2D eigenvalue weighted by Crippen LogP contribution is -2.00. The van der Waals surface area contributed by atoms with Crippen LogP contribution in [0.5, 0.6) is 5.75 Å². The van der Waals surface area contributed by atoms with Gasteiger partial charge in [0.25, 0.3) is 0 Å². The van der Waals surface area contributed by atoms with Crippen molar-refractivity contribution in [2.45, 2.75) is 6.92 Å². The lowest BCUT2D eigenvalue weighted by atomic mass is 10.2. The standard InChI is InChI=1S/C9H9ClN2O/c1-6-8-7(13-5-4-11-6)2-3-12-9(8)10/h2-3H,4-5H2,1H3. The van der Waals surface area contributed by atoms with Crippen LogP contribution < -0.4 is 4.74 Å². The van der Waals surface area contributed by atoms with Gasteiger partial charge in [-0.25, -0.2) is 4.98 Å². The summed E-state index contributed by atoms with van der Waals surface area (Å²) >= 11 is 5.94. The second-order valence-electron chi connectivity index (χ2n) is 2.79. The van der Waals surface area contributed by atoms with Crippen LogP contribution in [0.4, 0.5) is 0 Å². The topological polar surface area (TPSA) is 34.5 Å². The maximum absolute atomic E-state index is 5.94. The molecule has 0 bridgehead atoms. The van der Waals surface area contributed by atoms with Gasteiger partial charge in [-0.1, -0.05) is 11.6 Å². The zero-order valence-corrected chi connectivity index (χ0v) is 8.01. The highest BCUT2D eigenvalue weighted by Gasteiger charge is 2.14. The summed E-state index contributed by atoms with van der Waals surface area (Å²) in [4.78, 5) is 8.28. The molecule has 13 heavy (non-hydrogen) atoms. The van der Waals surface area contributed by atoms with Gasteiger partial charge in [-0.2, -0.15) is 0 Å². The fourth-order valence-electron chi connectivity index (χ4n) is 1.32. The molecule has 1 aromatic heterocycles. The highest BCUT2D eigenvalue weighted by molar-refractivity contribution is 6.33. The highest BCUT2D eigenvalue weighted by atomic mass is 35.5. The number of hydrogen-bond acceptors (Lipinski definition) is 3. The molecule has 68 valence electrons. The van der Waals surface area contributed by atoms with E-state index in [1.54, 1.807) is 6.20 Å². The Morgan fingerprint density at radius 3 is 3.23 bits per heavy atom. The van der Waals surface area contributed by atoms with Crippen LogP contribution in [0.25, 0.3) is 0 Å². The molecule has 0 radical (unpaired) electrons. The van der Waals surface area contributed by atoms with Gasteiger partial charge in [0.1, 0.15) is 17.5 Å². The molecule has 0 saturated heterocycles. The van der Waals surface area contributed by atoms with Gasteiger partial charge in [-0.05, 0) is 13.0 Å². The summed E-state index contributed by atoms with van der Waals surface area (Å²) in [5.41, 5.74) is 1.72. The molecule has 0 spiro atoms. The Kier molecular flexibility index (Phi) is 2.19. The van der Waals surface area contributed by atoms with E-state index in [4.69, 9.17) is 16.3 Å². The Morgan fingerprint density at radius 2 is 2.38 bits per heavy atom. The Balaban J connectivity index is 2.60. The fraction of sp³-hybridized carbons (Fsp3) is 0.333. The number of hydrogen-bond donors (Lipinski definition) is 0. The summed E-state index contributed by atoms with van der Waals surface area (Å²) in [6, 6.07) is 1.81. The van der Waals surface area contributed by atoms with Crippen LogP contribution in [-0.4, -0.2) is 23.8 Å². The number of ether oxygens (including phenoxy) is 1. The molecule has 0 atom stereocenters. The molecule has 2 rings (SSSR count). The number of aromatic nitrogens is 1. The zero-order chi connectivity index (χ0) is 9.26. The Labute approximate surface area is 81.4 Å². The average Bonchev–Trinajstić information content (AvgIpc) is 2.29. The number of fused-ring (bicyclic) bond motifs is 1. The summed E-state index contributed by atoms with van der Waals surface area (Å²) in [6.45, 7) is 3.20. The van der Waals surface area contributed by atoms with E-state index in [9.17, 15) is 0 Å². The summed E-state index contributed by atoms with van der Waals surface area (Å²) in [6.07, 6.45) is 1.64. The molecule has 0 fully saturated rings. The lowest BCUT2D eigenvalue weighted by Gasteiger charge is -2.06. The van der Waals surface area contributed by atoms with Crippen molar-refractivity contribution < 1.29 is 4.74 Å². The smallest absolute Gasteiger partial charge is 0.141 e. The minimum atomic E-state index is 0.459. The van der Waals surface area contributed by atoms with Gasteiger partial charge in [0, 0.05) is 11.9 Å². The minimum Gasteiger partial charge on any atom is -0.491 e. The number of rotatable bonds is 0. The molecule has 1 aliphatic heterocycles. The minimum absolute atomic E-state index is 0.459. The first-order chi connectivity index (χ1) is 6.29. The van der Waals surface area contributed by atoms with E-state index in [-0.39, 0.29) is 0 Å². The average molecular weight is 197 g/mol. The van der Waals surface area contributed by atoms with Crippen molar-refractivity contribution in [3.05, 3.63) is 23.0 Å². The molecule has 2 heterocycles. The van der Waals surface area contributed by atoms with Gasteiger partial charge in [0.2, 0.25) is 0 Å². The molecule has 0 aliphatic carbocycles. The third-order valence-corrected chi connectivity index (χ3v) is 2.21. The zero-order valence-electron chi connectivity index (χ0n) is 7.25. The Hall–Kier alpha value is -1.09. The first-order valence-electron chi connectivity index (χ1n) is 4.08. The predicted octanol–water partition coefficient (Wildman–Crippen LogP) is 1.94. The quantitative estimate of drug-likeness (QED) is 0.595. The summed E-state index contributed by atoms with van der Waals surface area (Å²) < 4.78 is 5.46. The predicted molar refractivity (Wildman–Crippen MR) is 51.8 cm³/mol. The van der Waals surface area contributed by atoms with Crippen molar-refractivity contribution in [1.29, 1.82) is 0 Å². The van der Waals surface area contributed by atoms with Crippen LogP contribution in [0.15, 0.2) is 17.3 Å². The van der Waals surface area contributed by atoms with E-state index in [1.165, 1.54) is 0 Å². The fourth-order valence-corrected chi connectivity index (χ4v) is 1.60. The molecule has 1 aromatic rings. The van der Waals surface area contributed by atoms with Crippen molar-refractivity contribution in [1.82, 2.24) is 4.98 Å². The SMILES string of the molecule is CC1=NCCOc2ccnc(Cl)c21. The molecule has 0 amide bonds. The first-order valence-corrected chi connectivity index (χ1v) is 4.45. The van der Waals surface area contributed by atoms with Crippen LogP contribution >= 0.6 is 11.6 Å². The van der Waals surface area contributed by atoms with Gasteiger partial charge in [0.15, 0.2) is 0 Å². The molecular weight excluding hydrogens is 188 g/mol. The number of pyridine rings is 1. The van der Waals surface area contributed by atoms with Crippen molar-refractivity contribution in [3.63, 3.8) is 0 Å².